The highest BCUT2D eigenvalue weighted by Gasteiger charge is 2.35. The topological polar surface area (TPSA) is 95.1 Å². The van der Waals surface area contributed by atoms with Crippen LogP contribution in [0, 0.1) is 0 Å². The Hall–Kier alpha value is -3.13. The van der Waals surface area contributed by atoms with Crippen molar-refractivity contribution in [2.75, 3.05) is 12.4 Å². The molecular weight excluding hydrogens is 350 g/mol. The Labute approximate surface area is 154 Å². The summed E-state index contributed by atoms with van der Waals surface area (Å²) in [5, 5.41) is 9.76. The van der Waals surface area contributed by atoms with Gasteiger partial charge >= 0.3 is 0 Å². The molecule has 0 unspecified atom stereocenters. The van der Waals surface area contributed by atoms with Gasteiger partial charge in [0.15, 0.2) is 5.82 Å². The summed E-state index contributed by atoms with van der Waals surface area (Å²) >= 11 is 1.56. The Kier molecular flexibility index (Phi) is 3.96. The number of methoxy groups -OCH3 is 1. The number of nitrogens with two attached hydrogens (primary N) is 1. The van der Waals surface area contributed by atoms with Gasteiger partial charge in [-0.1, -0.05) is 24.3 Å². The van der Waals surface area contributed by atoms with Crippen molar-refractivity contribution in [3.05, 3.63) is 58.6 Å². The largest absolute Gasteiger partial charge is 0.496 e. The lowest BCUT2D eigenvalue weighted by Gasteiger charge is -2.28. The lowest BCUT2D eigenvalue weighted by Crippen LogP contribution is -2.32. The average Bonchev–Trinajstić information content (AvgIpc) is 3.29. The summed E-state index contributed by atoms with van der Waals surface area (Å²) in [7, 11) is 1.60. The van der Waals surface area contributed by atoms with Gasteiger partial charge in [-0.05, 0) is 24.4 Å². The second-order valence-corrected chi connectivity index (χ2v) is 6.80. The third-order valence-corrected chi connectivity index (χ3v) is 5.16. The zero-order valence-corrected chi connectivity index (χ0v) is 15.1. The van der Waals surface area contributed by atoms with E-state index >= 15 is 0 Å². The van der Waals surface area contributed by atoms with Crippen LogP contribution in [0.2, 0.25) is 0 Å². The van der Waals surface area contributed by atoms with Crippen LogP contribution in [0.3, 0.4) is 0 Å². The van der Waals surface area contributed by atoms with E-state index in [1.165, 1.54) is 0 Å². The first-order valence-corrected chi connectivity index (χ1v) is 8.89. The molecule has 1 aromatic carbocycles. The van der Waals surface area contributed by atoms with E-state index in [9.17, 15) is 4.79 Å². The van der Waals surface area contributed by atoms with Crippen LogP contribution in [0.1, 0.15) is 18.5 Å². The molecule has 1 aliphatic heterocycles. The first-order chi connectivity index (χ1) is 12.6. The highest BCUT2D eigenvalue weighted by Crippen LogP contribution is 2.39. The van der Waals surface area contributed by atoms with Gasteiger partial charge in [0, 0.05) is 11.3 Å². The summed E-state index contributed by atoms with van der Waals surface area (Å²) in [6, 6.07) is 10.9. The maximum absolute atomic E-state index is 12.2. The van der Waals surface area contributed by atoms with Gasteiger partial charge in [-0.15, -0.1) is 16.4 Å². The first-order valence-electron chi connectivity index (χ1n) is 8.01. The Morgan fingerprint density at radius 3 is 2.81 bits per heavy atom. The standard InChI is InChI=1S/C18H17N5O2S/c1-10-14(16(19)24)15(11-6-3-4-7-12(11)25-2)23-18(20-10)21-17(22-23)13-8-5-9-26-13/h3-9,15H,1-2H3,(H2,19,24)(H,20,21,22)/t15-/m1/s1. The Morgan fingerprint density at radius 2 is 2.12 bits per heavy atom. The highest BCUT2D eigenvalue weighted by atomic mass is 32.1. The normalized spacial score (nSPS) is 16.2. The fourth-order valence-electron chi connectivity index (χ4n) is 3.16. The number of nitrogens with one attached hydrogen (secondary N) is 1. The molecule has 3 N–H and O–H groups in total. The molecule has 0 spiro atoms. The quantitative estimate of drug-likeness (QED) is 0.739. The van der Waals surface area contributed by atoms with Crippen molar-refractivity contribution in [3.63, 3.8) is 0 Å². The van der Waals surface area contributed by atoms with Crippen LogP contribution in [0.4, 0.5) is 5.95 Å². The Bertz CT molecular complexity index is 1010. The highest BCUT2D eigenvalue weighted by molar-refractivity contribution is 7.13. The summed E-state index contributed by atoms with van der Waals surface area (Å²) in [5.74, 6) is 1.31. The summed E-state index contributed by atoms with van der Waals surface area (Å²) in [4.78, 5) is 17.8. The van der Waals surface area contributed by atoms with Crippen LogP contribution < -0.4 is 15.8 Å². The molecule has 8 heteroatoms. The van der Waals surface area contributed by atoms with E-state index in [-0.39, 0.29) is 0 Å². The smallest absolute Gasteiger partial charge is 0.248 e. The molecular formula is C18H17N5O2S. The average molecular weight is 367 g/mol. The molecule has 2 aromatic heterocycles. The maximum Gasteiger partial charge on any atom is 0.248 e. The molecule has 0 saturated heterocycles. The minimum atomic E-state index is -0.513. The van der Waals surface area contributed by atoms with Crippen LogP contribution in [-0.4, -0.2) is 27.8 Å². The molecule has 0 bridgehead atoms. The zero-order chi connectivity index (χ0) is 18.3. The predicted octanol–water partition coefficient (Wildman–Crippen LogP) is 2.79. The van der Waals surface area contributed by atoms with Crippen LogP contribution in [0.25, 0.3) is 10.7 Å². The van der Waals surface area contributed by atoms with Gasteiger partial charge in [-0.2, -0.15) is 4.98 Å². The number of hydrogen-bond donors (Lipinski definition) is 2. The number of aromatic nitrogens is 3. The number of ether oxygens (including phenoxy) is 1. The number of benzene rings is 1. The van der Waals surface area contributed by atoms with Crippen molar-refractivity contribution in [3.8, 4) is 16.5 Å². The minimum Gasteiger partial charge on any atom is -0.496 e. The molecule has 1 atom stereocenters. The summed E-state index contributed by atoms with van der Waals surface area (Å²) < 4.78 is 7.20. The molecule has 1 amide bonds. The molecule has 26 heavy (non-hydrogen) atoms. The van der Waals surface area contributed by atoms with Crippen molar-refractivity contribution in [2.24, 2.45) is 5.73 Å². The van der Waals surface area contributed by atoms with Crippen LogP contribution in [0.15, 0.2) is 53.0 Å². The SMILES string of the molecule is COc1ccccc1[C@@H]1C(C(N)=O)=C(C)Nc2nc(-c3cccs3)nn21. The van der Waals surface area contributed by atoms with Crippen molar-refractivity contribution in [1.82, 2.24) is 14.8 Å². The third-order valence-electron chi connectivity index (χ3n) is 4.29. The van der Waals surface area contributed by atoms with E-state index in [4.69, 9.17) is 10.5 Å². The predicted molar refractivity (Wildman–Crippen MR) is 100.0 cm³/mol. The zero-order valence-electron chi connectivity index (χ0n) is 14.3. The molecule has 0 aliphatic carbocycles. The second-order valence-electron chi connectivity index (χ2n) is 5.85. The molecule has 7 nitrogen and oxygen atoms in total. The molecule has 0 saturated carbocycles. The summed E-state index contributed by atoms with van der Waals surface area (Å²) in [5.41, 5.74) is 7.59. The number of allylic oxidation sites excluding steroid dienone is 1. The van der Waals surface area contributed by atoms with E-state index in [2.05, 4.69) is 15.4 Å². The Morgan fingerprint density at radius 1 is 1.31 bits per heavy atom. The number of anilines is 1. The summed E-state index contributed by atoms with van der Waals surface area (Å²) in [6.07, 6.45) is 0. The van der Waals surface area contributed by atoms with E-state index in [1.807, 2.05) is 48.7 Å². The van der Waals surface area contributed by atoms with E-state index in [1.54, 1.807) is 23.1 Å². The number of nitrogens with zero attached hydrogens (tertiary/aromatic N) is 3. The number of primary amides is 1. The monoisotopic (exact) mass is 367 g/mol. The molecule has 0 radical (unpaired) electrons. The fourth-order valence-corrected chi connectivity index (χ4v) is 3.81. The van der Waals surface area contributed by atoms with Gasteiger partial charge in [0.1, 0.15) is 11.8 Å². The van der Waals surface area contributed by atoms with Gasteiger partial charge in [0.25, 0.3) is 0 Å². The number of thiophene rings is 1. The van der Waals surface area contributed by atoms with Crippen molar-refractivity contribution < 1.29 is 9.53 Å². The summed E-state index contributed by atoms with van der Waals surface area (Å²) in [6.45, 7) is 1.81. The van der Waals surface area contributed by atoms with Crippen molar-refractivity contribution in [2.45, 2.75) is 13.0 Å². The van der Waals surface area contributed by atoms with E-state index in [0.29, 0.717) is 28.8 Å². The maximum atomic E-state index is 12.2. The number of hydrogen-bond acceptors (Lipinski definition) is 6. The number of carbonyl (C=O) groups excluding carboxylic acids is 1. The van der Waals surface area contributed by atoms with E-state index < -0.39 is 11.9 Å². The second kappa shape index (κ2) is 6.30. The minimum absolute atomic E-state index is 0.435. The number of para-hydroxylation sites is 1. The van der Waals surface area contributed by atoms with Gasteiger partial charge < -0.3 is 15.8 Å². The molecule has 3 heterocycles. The number of rotatable bonds is 4. The number of fused-ring (bicyclic) bond motifs is 1. The van der Waals surface area contributed by atoms with Crippen LogP contribution in [-0.2, 0) is 4.79 Å². The lowest BCUT2D eigenvalue weighted by atomic mass is 9.94. The lowest BCUT2D eigenvalue weighted by molar-refractivity contribution is -0.115. The van der Waals surface area contributed by atoms with Gasteiger partial charge in [-0.25, -0.2) is 4.68 Å². The molecule has 132 valence electrons. The molecule has 4 rings (SSSR count). The third kappa shape index (κ3) is 2.55. The van der Waals surface area contributed by atoms with Crippen LogP contribution >= 0.6 is 11.3 Å². The Balaban J connectivity index is 1.93. The molecule has 0 fully saturated rings. The van der Waals surface area contributed by atoms with E-state index in [0.717, 1.165) is 10.4 Å². The number of carbonyl (C=O) groups is 1. The van der Waals surface area contributed by atoms with Crippen LogP contribution in [0.5, 0.6) is 5.75 Å². The van der Waals surface area contributed by atoms with Crippen molar-refractivity contribution >= 4 is 23.2 Å². The first kappa shape index (κ1) is 16.3. The van der Waals surface area contributed by atoms with Gasteiger partial charge in [-0.3, -0.25) is 4.79 Å². The molecule has 3 aromatic rings. The van der Waals surface area contributed by atoms with Gasteiger partial charge in [0.2, 0.25) is 11.9 Å². The van der Waals surface area contributed by atoms with Crippen molar-refractivity contribution in [1.29, 1.82) is 0 Å². The number of amides is 1. The fraction of sp³-hybridized carbons (Fsp3) is 0.167. The molecule has 1 aliphatic rings. The van der Waals surface area contributed by atoms with Gasteiger partial charge in [0.05, 0.1) is 17.6 Å².